The maximum Gasteiger partial charge on any atom is 0.123 e. The lowest BCUT2D eigenvalue weighted by atomic mass is 9.95. The van der Waals surface area contributed by atoms with Crippen molar-refractivity contribution >= 4 is 0 Å². The molecule has 1 nitrogen and oxygen atoms in total. The van der Waals surface area contributed by atoms with Crippen LogP contribution < -0.4 is 0 Å². The summed E-state index contributed by atoms with van der Waals surface area (Å²) in [5.74, 6) is 0.343. The molecule has 0 saturated heterocycles. The van der Waals surface area contributed by atoms with Gasteiger partial charge in [-0.05, 0) is 36.6 Å². The fourth-order valence-corrected chi connectivity index (χ4v) is 1.92. The van der Waals surface area contributed by atoms with Gasteiger partial charge in [0.15, 0.2) is 0 Å². The Morgan fingerprint density at radius 2 is 1.40 bits per heavy atom. The Labute approximate surface area is 90.0 Å². The van der Waals surface area contributed by atoms with Gasteiger partial charge in [0.25, 0.3) is 0 Å². The molecule has 0 amide bonds. The highest BCUT2D eigenvalue weighted by Gasteiger charge is 2.08. The molecule has 0 atom stereocenters. The van der Waals surface area contributed by atoms with E-state index in [1.54, 1.807) is 6.07 Å². The van der Waals surface area contributed by atoms with Crippen LogP contribution in [0.5, 0.6) is 5.75 Å². The van der Waals surface area contributed by atoms with Gasteiger partial charge in [0.2, 0.25) is 0 Å². The molecule has 0 spiro atoms. The average Bonchev–Trinajstić information content (AvgIpc) is 2.20. The first kappa shape index (κ1) is 9.78. The summed E-state index contributed by atoms with van der Waals surface area (Å²) in [6.07, 6.45) is 0. The summed E-state index contributed by atoms with van der Waals surface area (Å²) in [6.45, 7) is 4.13. The van der Waals surface area contributed by atoms with E-state index in [1.807, 2.05) is 24.3 Å². The predicted molar refractivity (Wildman–Crippen MR) is 63.0 cm³/mol. The van der Waals surface area contributed by atoms with Crippen molar-refractivity contribution in [2.45, 2.75) is 13.8 Å². The Balaban J connectivity index is 2.69. The molecule has 0 bridgehead atoms. The zero-order valence-corrected chi connectivity index (χ0v) is 8.99. The van der Waals surface area contributed by atoms with Crippen LogP contribution in [0.4, 0.5) is 0 Å². The van der Waals surface area contributed by atoms with E-state index in [4.69, 9.17) is 0 Å². The first-order valence-corrected chi connectivity index (χ1v) is 5.04. The summed E-state index contributed by atoms with van der Waals surface area (Å²) in [6, 6.07) is 13.6. The number of aromatic hydroxyl groups is 1. The normalized spacial score (nSPS) is 10.3. The van der Waals surface area contributed by atoms with Crippen molar-refractivity contribution in [3.05, 3.63) is 53.6 Å². The molecule has 0 fully saturated rings. The summed E-state index contributed by atoms with van der Waals surface area (Å²) in [4.78, 5) is 0. The fraction of sp³-hybridized carbons (Fsp3) is 0.143. The van der Waals surface area contributed by atoms with Crippen molar-refractivity contribution in [3.8, 4) is 16.9 Å². The number of benzene rings is 2. The standard InChI is InChI=1S/C14H14O/c1-10-6-5-7-11(2)14(10)12-8-3-4-9-13(12)15/h3-9,15H,1-2H3. The molecule has 2 aromatic rings. The minimum absolute atomic E-state index is 0.343. The molecule has 2 rings (SSSR count). The van der Waals surface area contributed by atoms with Crippen molar-refractivity contribution in [2.24, 2.45) is 0 Å². The molecular formula is C14H14O. The van der Waals surface area contributed by atoms with Crippen molar-refractivity contribution in [3.63, 3.8) is 0 Å². The maximum absolute atomic E-state index is 9.81. The lowest BCUT2D eigenvalue weighted by Gasteiger charge is -2.11. The molecule has 15 heavy (non-hydrogen) atoms. The van der Waals surface area contributed by atoms with E-state index in [1.165, 1.54) is 11.1 Å². The van der Waals surface area contributed by atoms with Crippen LogP contribution in [0.25, 0.3) is 11.1 Å². The van der Waals surface area contributed by atoms with E-state index >= 15 is 0 Å². The van der Waals surface area contributed by atoms with Crippen LogP contribution in [0.15, 0.2) is 42.5 Å². The second kappa shape index (κ2) is 3.77. The van der Waals surface area contributed by atoms with Gasteiger partial charge in [-0.25, -0.2) is 0 Å². The van der Waals surface area contributed by atoms with E-state index in [0.717, 1.165) is 11.1 Å². The summed E-state index contributed by atoms with van der Waals surface area (Å²) in [5, 5.41) is 9.81. The van der Waals surface area contributed by atoms with Crippen LogP contribution in [0.3, 0.4) is 0 Å². The number of hydrogen-bond acceptors (Lipinski definition) is 1. The lowest BCUT2D eigenvalue weighted by Crippen LogP contribution is -1.87. The van der Waals surface area contributed by atoms with Crippen molar-refractivity contribution in [1.82, 2.24) is 0 Å². The van der Waals surface area contributed by atoms with Gasteiger partial charge in [0.05, 0.1) is 0 Å². The lowest BCUT2D eigenvalue weighted by molar-refractivity contribution is 0.477. The first-order chi connectivity index (χ1) is 7.20. The van der Waals surface area contributed by atoms with E-state index in [0.29, 0.717) is 5.75 Å². The Morgan fingerprint density at radius 3 is 2.00 bits per heavy atom. The third kappa shape index (κ3) is 1.73. The number of para-hydroxylation sites is 1. The van der Waals surface area contributed by atoms with Gasteiger partial charge < -0.3 is 5.11 Å². The first-order valence-electron chi connectivity index (χ1n) is 5.04. The Morgan fingerprint density at radius 1 is 0.800 bits per heavy atom. The maximum atomic E-state index is 9.81. The van der Waals surface area contributed by atoms with Crippen molar-refractivity contribution in [1.29, 1.82) is 0 Å². The fourth-order valence-electron chi connectivity index (χ4n) is 1.92. The quantitative estimate of drug-likeness (QED) is 0.741. The third-order valence-electron chi connectivity index (χ3n) is 2.65. The highest BCUT2D eigenvalue weighted by atomic mass is 16.3. The number of phenolic OH excluding ortho intramolecular Hbond substituents is 1. The third-order valence-corrected chi connectivity index (χ3v) is 2.65. The number of phenols is 1. The van der Waals surface area contributed by atoms with Gasteiger partial charge in [-0.2, -0.15) is 0 Å². The van der Waals surface area contributed by atoms with E-state index < -0.39 is 0 Å². The largest absolute Gasteiger partial charge is 0.507 e. The molecule has 2 aromatic carbocycles. The highest BCUT2D eigenvalue weighted by Crippen LogP contribution is 2.33. The zero-order chi connectivity index (χ0) is 10.8. The molecule has 1 N–H and O–H groups in total. The highest BCUT2D eigenvalue weighted by molar-refractivity contribution is 5.75. The molecule has 0 aliphatic carbocycles. The van der Waals surface area contributed by atoms with Gasteiger partial charge in [0.1, 0.15) is 5.75 Å². The molecular weight excluding hydrogens is 184 g/mol. The molecule has 0 aromatic heterocycles. The minimum Gasteiger partial charge on any atom is -0.507 e. The monoisotopic (exact) mass is 198 g/mol. The Hall–Kier alpha value is -1.76. The van der Waals surface area contributed by atoms with Crippen LogP contribution in [0.2, 0.25) is 0 Å². The van der Waals surface area contributed by atoms with Crippen molar-refractivity contribution < 1.29 is 5.11 Å². The van der Waals surface area contributed by atoms with E-state index in [2.05, 4.69) is 26.0 Å². The Bertz CT molecular complexity index is 466. The van der Waals surface area contributed by atoms with E-state index in [9.17, 15) is 5.11 Å². The van der Waals surface area contributed by atoms with E-state index in [-0.39, 0.29) is 0 Å². The number of rotatable bonds is 1. The zero-order valence-electron chi connectivity index (χ0n) is 8.99. The number of hydrogen-bond donors (Lipinski definition) is 1. The molecule has 0 unspecified atom stereocenters. The summed E-state index contributed by atoms with van der Waals surface area (Å²) < 4.78 is 0. The Kier molecular flexibility index (Phi) is 2.46. The number of aryl methyl sites for hydroxylation is 2. The predicted octanol–water partition coefficient (Wildman–Crippen LogP) is 3.68. The molecule has 1 heteroatoms. The minimum atomic E-state index is 0.343. The van der Waals surface area contributed by atoms with Gasteiger partial charge in [0, 0.05) is 5.56 Å². The SMILES string of the molecule is Cc1cccc(C)c1-c1ccccc1O. The van der Waals surface area contributed by atoms with Gasteiger partial charge >= 0.3 is 0 Å². The van der Waals surface area contributed by atoms with Crippen LogP contribution in [-0.4, -0.2) is 5.11 Å². The summed E-state index contributed by atoms with van der Waals surface area (Å²) in [5.41, 5.74) is 4.43. The van der Waals surface area contributed by atoms with Gasteiger partial charge in [-0.1, -0.05) is 36.4 Å². The second-order valence-corrected chi connectivity index (χ2v) is 3.78. The van der Waals surface area contributed by atoms with Gasteiger partial charge in [-0.3, -0.25) is 0 Å². The molecule has 0 heterocycles. The molecule has 0 saturated carbocycles. The van der Waals surface area contributed by atoms with Crippen LogP contribution >= 0.6 is 0 Å². The molecule has 0 aliphatic rings. The topological polar surface area (TPSA) is 20.2 Å². The average molecular weight is 198 g/mol. The van der Waals surface area contributed by atoms with Gasteiger partial charge in [-0.15, -0.1) is 0 Å². The summed E-state index contributed by atoms with van der Waals surface area (Å²) in [7, 11) is 0. The van der Waals surface area contributed by atoms with Crippen molar-refractivity contribution in [2.75, 3.05) is 0 Å². The molecule has 0 radical (unpaired) electrons. The summed E-state index contributed by atoms with van der Waals surface area (Å²) >= 11 is 0. The molecule has 0 aliphatic heterocycles. The smallest absolute Gasteiger partial charge is 0.123 e. The van der Waals surface area contributed by atoms with Crippen LogP contribution in [-0.2, 0) is 0 Å². The second-order valence-electron chi connectivity index (χ2n) is 3.78. The van der Waals surface area contributed by atoms with Crippen LogP contribution in [0, 0.1) is 13.8 Å². The molecule has 76 valence electrons. The van der Waals surface area contributed by atoms with Crippen LogP contribution in [0.1, 0.15) is 11.1 Å².